The fourth-order valence-electron chi connectivity index (χ4n) is 3.20. The quantitative estimate of drug-likeness (QED) is 0.276. The Morgan fingerprint density at radius 2 is 2.00 bits per heavy atom. The molecule has 7 nitrogen and oxygen atoms in total. The second-order valence-electron chi connectivity index (χ2n) is 5.72. The Kier molecular flexibility index (Phi) is 3.38. The third kappa shape index (κ3) is 2.13. The van der Waals surface area contributed by atoms with Crippen molar-refractivity contribution in [2.45, 2.75) is 26.2 Å². The van der Waals surface area contributed by atoms with Gasteiger partial charge in [-0.2, -0.15) is 0 Å². The molecule has 1 unspecified atom stereocenters. The van der Waals surface area contributed by atoms with Crippen LogP contribution < -0.4 is 11.5 Å². The van der Waals surface area contributed by atoms with Crippen molar-refractivity contribution in [1.29, 1.82) is 0 Å². The lowest BCUT2D eigenvalue weighted by Gasteiger charge is -2.45. The monoisotopic (exact) mass is 268 g/mol. The third-order valence-corrected chi connectivity index (χ3v) is 4.28. The number of hydrogen-bond acceptors (Lipinski definition) is 4. The van der Waals surface area contributed by atoms with Crippen molar-refractivity contribution in [2.24, 2.45) is 33.9 Å². The van der Waals surface area contributed by atoms with Crippen LogP contribution in [0.25, 0.3) is 0 Å². The number of amidine groups is 1. The van der Waals surface area contributed by atoms with Crippen LogP contribution in [0.1, 0.15) is 26.2 Å². The number of oxime groups is 1. The number of likely N-dealkylation sites (tertiary alicyclic amines) is 1. The Labute approximate surface area is 111 Å². The number of carbonyl (C=O) groups excluding carboxylic acids is 2. The van der Waals surface area contributed by atoms with E-state index in [-0.39, 0.29) is 23.6 Å². The highest BCUT2D eigenvalue weighted by Crippen LogP contribution is 2.47. The fraction of sp³-hybridized carbons (Fsp3) is 0.750. The van der Waals surface area contributed by atoms with E-state index in [1.54, 1.807) is 4.90 Å². The Morgan fingerprint density at radius 3 is 2.42 bits per heavy atom. The van der Waals surface area contributed by atoms with Gasteiger partial charge in [0.05, 0.1) is 5.92 Å². The molecular weight excluding hydrogens is 248 g/mol. The summed E-state index contributed by atoms with van der Waals surface area (Å²) in [6, 6.07) is 0. The molecule has 2 rings (SSSR count). The Morgan fingerprint density at radius 1 is 1.37 bits per heavy atom. The first-order valence-corrected chi connectivity index (χ1v) is 6.47. The van der Waals surface area contributed by atoms with Gasteiger partial charge >= 0.3 is 0 Å². The minimum atomic E-state index is -0.888. The summed E-state index contributed by atoms with van der Waals surface area (Å²) >= 11 is 0. The molecule has 5 N–H and O–H groups in total. The normalized spacial score (nSPS) is 35.0. The maximum atomic E-state index is 12.6. The molecule has 2 amide bonds. The van der Waals surface area contributed by atoms with Gasteiger partial charge in [0.25, 0.3) is 0 Å². The number of nitrogens with zero attached hydrogens (tertiary/aromatic N) is 2. The molecule has 1 saturated carbocycles. The molecule has 0 aromatic carbocycles. The van der Waals surface area contributed by atoms with Crippen LogP contribution in [-0.4, -0.2) is 40.8 Å². The van der Waals surface area contributed by atoms with Crippen molar-refractivity contribution in [3.63, 3.8) is 0 Å². The van der Waals surface area contributed by atoms with Gasteiger partial charge in [-0.1, -0.05) is 12.1 Å². The highest BCUT2D eigenvalue weighted by molar-refractivity contribution is 6.07. The van der Waals surface area contributed by atoms with Gasteiger partial charge in [-0.15, -0.1) is 0 Å². The summed E-state index contributed by atoms with van der Waals surface area (Å²) in [6.45, 7) is 2.86. The highest BCUT2D eigenvalue weighted by atomic mass is 16.4. The third-order valence-electron chi connectivity index (χ3n) is 4.28. The predicted molar refractivity (Wildman–Crippen MR) is 68.1 cm³/mol. The van der Waals surface area contributed by atoms with E-state index >= 15 is 0 Å². The lowest BCUT2D eigenvalue weighted by Crippen LogP contribution is -2.57. The van der Waals surface area contributed by atoms with E-state index in [0.29, 0.717) is 38.3 Å². The average molecular weight is 268 g/mol. The molecule has 0 radical (unpaired) electrons. The molecular formula is C12H20N4O3. The molecule has 1 aliphatic heterocycles. The number of nitrogens with two attached hydrogens (primary N) is 2. The number of primary amides is 1. The van der Waals surface area contributed by atoms with Gasteiger partial charge in [0, 0.05) is 13.1 Å². The smallest absolute Gasteiger partial charge is 0.236 e. The first-order valence-electron chi connectivity index (χ1n) is 6.47. The van der Waals surface area contributed by atoms with Gasteiger partial charge in [-0.05, 0) is 25.2 Å². The summed E-state index contributed by atoms with van der Waals surface area (Å²) in [5.74, 6) is -0.470. The molecule has 0 spiro atoms. The van der Waals surface area contributed by atoms with Gasteiger partial charge in [0.2, 0.25) is 11.8 Å². The van der Waals surface area contributed by atoms with E-state index in [1.165, 1.54) is 0 Å². The van der Waals surface area contributed by atoms with Gasteiger partial charge in [0.1, 0.15) is 5.41 Å². The van der Waals surface area contributed by atoms with Crippen molar-refractivity contribution in [1.82, 2.24) is 4.90 Å². The van der Waals surface area contributed by atoms with Gasteiger partial charge < -0.3 is 21.6 Å². The van der Waals surface area contributed by atoms with E-state index in [9.17, 15) is 9.59 Å². The fourth-order valence-corrected chi connectivity index (χ4v) is 3.20. The van der Waals surface area contributed by atoms with Crippen molar-refractivity contribution < 1.29 is 14.8 Å². The molecule has 1 aliphatic carbocycles. The maximum absolute atomic E-state index is 12.6. The average Bonchev–Trinajstić information content (AvgIpc) is 2.82. The molecule has 0 aromatic heterocycles. The van der Waals surface area contributed by atoms with Gasteiger partial charge in [-0.25, -0.2) is 0 Å². The van der Waals surface area contributed by atoms with Crippen molar-refractivity contribution in [3.05, 3.63) is 0 Å². The van der Waals surface area contributed by atoms with Crippen LogP contribution in [0, 0.1) is 17.3 Å². The van der Waals surface area contributed by atoms with E-state index in [2.05, 4.69) is 5.16 Å². The molecule has 0 bridgehead atoms. The van der Waals surface area contributed by atoms with Crippen molar-refractivity contribution in [2.75, 3.05) is 13.1 Å². The molecule has 1 saturated heterocycles. The highest BCUT2D eigenvalue weighted by Gasteiger charge is 2.54. The summed E-state index contributed by atoms with van der Waals surface area (Å²) in [5.41, 5.74) is 10.1. The number of amides is 2. The van der Waals surface area contributed by atoms with Crippen molar-refractivity contribution >= 4 is 17.6 Å². The van der Waals surface area contributed by atoms with Crippen LogP contribution in [-0.2, 0) is 9.59 Å². The summed E-state index contributed by atoms with van der Waals surface area (Å²) in [5, 5.41) is 11.9. The number of rotatable bonds is 3. The summed E-state index contributed by atoms with van der Waals surface area (Å²) in [4.78, 5) is 25.3. The Hall–Kier alpha value is -1.79. The van der Waals surface area contributed by atoms with E-state index in [1.807, 2.05) is 6.92 Å². The van der Waals surface area contributed by atoms with Gasteiger partial charge in [-0.3, -0.25) is 9.59 Å². The first-order chi connectivity index (χ1) is 8.90. The second-order valence-corrected chi connectivity index (χ2v) is 5.72. The number of carbonyl (C=O) groups is 2. The van der Waals surface area contributed by atoms with Crippen LogP contribution in [0.15, 0.2) is 5.16 Å². The molecule has 7 heteroatoms. The standard InChI is InChI=1S/C12H20N4O3/c1-7-4-12(5-7,10(14)15-19)11(18)16-3-2-8(6-16)9(13)17/h7-8,19H,2-6H2,1H3,(H2,13,17)(H2,14,15). The zero-order valence-electron chi connectivity index (χ0n) is 11.0. The zero-order chi connectivity index (χ0) is 14.2. The molecule has 1 atom stereocenters. The Bertz CT molecular complexity index is 429. The van der Waals surface area contributed by atoms with Crippen LogP contribution >= 0.6 is 0 Å². The summed E-state index contributed by atoms with van der Waals surface area (Å²) in [7, 11) is 0. The van der Waals surface area contributed by atoms with E-state index < -0.39 is 5.41 Å². The van der Waals surface area contributed by atoms with E-state index in [4.69, 9.17) is 16.7 Å². The lowest BCUT2D eigenvalue weighted by molar-refractivity contribution is -0.143. The minimum absolute atomic E-state index is 0.0295. The second kappa shape index (κ2) is 4.71. The molecule has 2 aliphatic rings. The zero-order valence-corrected chi connectivity index (χ0v) is 11.0. The van der Waals surface area contributed by atoms with Crippen molar-refractivity contribution in [3.8, 4) is 0 Å². The molecule has 19 heavy (non-hydrogen) atoms. The van der Waals surface area contributed by atoms with Crippen LogP contribution in [0.3, 0.4) is 0 Å². The lowest BCUT2D eigenvalue weighted by atomic mass is 9.61. The topological polar surface area (TPSA) is 122 Å². The number of hydrogen-bond donors (Lipinski definition) is 3. The summed E-state index contributed by atoms with van der Waals surface area (Å²) in [6.07, 6.45) is 1.75. The van der Waals surface area contributed by atoms with Gasteiger partial charge in [0.15, 0.2) is 5.84 Å². The largest absolute Gasteiger partial charge is 0.409 e. The molecule has 106 valence electrons. The molecule has 1 heterocycles. The van der Waals surface area contributed by atoms with Crippen LogP contribution in [0.5, 0.6) is 0 Å². The Balaban J connectivity index is 2.12. The predicted octanol–water partition coefficient (Wildman–Crippen LogP) is -0.517. The maximum Gasteiger partial charge on any atom is 0.236 e. The minimum Gasteiger partial charge on any atom is -0.409 e. The van der Waals surface area contributed by atoms with Crippen LogP contribution in [0.2, 0.25) is 0 Å². The SMILES string of the molecule is CC1CC(C(=O)N2CCC(C(N)=O)C2)(C(N)=NO)C1. The first kappa shape index (κ1) is 13.6. The van der Waals surface area contributed by atoms with Crippen LogP contribution in [0.4, 0.5) is 0 Å². The summed E-state index contributed by atoms with van der Waals surface area (Å²) < 4.78 is 0. The molecule has 2 fully saturated rings. The molecule has 0 aromatic rings. The van der Waals surface area contributed by atoms with E-state index in [0.717, 1.165) is 0 Å².